The van der Waals surface area contributed by atoms with Crippen LogP contribution >= 0.6 is 0 Å². The monoisotopic (exact) mass is 457 g/mol. The Hall–Kier alpha value is -3.72. The Balaban J connectivity index is 1.91. The molecule has 0 heterocycles. The molecule has 0 aromatic heterocycles. The van der Waals surface area contributed by atoms with Crippen molar-refractivity contribution in [3.05, 3.63) is 59.7 Å². The van der Waals surface area contributed by atoms with Crippen molar-refractivity contribution in [2.75, 3.05) is 13.7 Å². The van der Waals surface area contributed by atoms with Crippen LogP contribution in [0.5, 0.6) is 11.5 Å². The van der Waals surface area contributed by atoms with Gasteiger partial charge in [0.2, 0.25) is 5.91 Å². The standard InChI is InChI=1S/C24H27NO8/c1-3-22(28)32-18-11-6-17(7-12-18)14-20(24(30)31-2)25-21(27)13-8-16-4-9-19(10-5-16)33-23(29)15-26/h4-7,9-12,20,26H,3,8,13-15H2,1-2H3,(H,25,27). The number of benzene rings is 2. The number of hydrogen-bond donors (Lipinski definition) is 2. The van der Waals surface area contributed by atoms with Crippen molar-refractivity contribution in [3.8, 4) is 11.5 Å². The third kappa shape index (κ3) is 8.74. The van der Waals surface area contributed by atoms with E-state index in [1.807, 2.05) is 0 Å². The van der Waals surface area contributed by atoms with Crippen LogP contribution < -0.4 is 14.8 Å². The van der Waals surface area contributed by atoms with Gasteiger partial charge in [0.25, 0.3) is 0 Å². The molecule has 1 amide bonds. The molecule has 0 bridgehead atoms. The van der Waals surface area contributed by atoms with E-state index in [-0.39, 0.29) is 31.1 Å². The summed E-state index contributed by atoms with van der Waals surface area (Å²) >= 11 is 0. The van der Waals surface area contributed by atoms with Crippen LogP contribution in [0.4, 0.5) is 0 Å². The number of nitrogens with one attached hydrogen (secondary N) is 1. The number of rotatable bonds is 11. The molecule has 33 heavy (non-hydrogen) atoms. The third-order valence-electron chi connectivity index (χ3n) is 4.63. The SMILES string of the molecule is CCC(=O)Oc1ccc(CC(NC(=O)CCc2ccc(OC(=O)CO)cc2)C(=O)OC)cc1. The predicted octanol–water partition coefficient (Wildman–Crippen LogP) is 1.73. The van der Waals surface area contributed by atoms with Gasteiger partial charge in [0.05, 0.1) is 7.11 Å². The maximum Gasteiger partial charge on any atom is 0.337 e. The minimum absolute atomic E-state index is 0.134. The predicted molar refractivity (Wildman–Crippen MR) is 118 cm³/mol. The van der Waals surface area contributed by atoms with Gasteiger partial charge in [-0.15, -0.1) is 0 Å². The molecule has 9 nitrogen and oxygen atoms in total. The van der Waals surface area contributed by atoms with Gasteiger partial charge in [-0.1, -0.05) is 31.2 Å². The lowest BCUT2D eigenvalue weighted by molar-refractivity contribution is -0.145. The first-order valence-corrected chi connectivity index (χ1v) is 10.4. The molecule has 0 saturated heterocycles. The van der Waals surface area contributed by atoms with Crippen molar-refractivity contribution in [2.45, 2.75) is 38.6 Å². The van der Waals surface area contributed by atoms with Crippen molar-refractivity contribution in [1.82, 2.24) is 5.32 Å². The van der Waals surface area contributed by atoms with Gasteiger partial charge >= 0.3 is 17.9 Å². The molecule has 0 aliphatic heterocycles. The Morgan fingerprint density at radius 1 is 0.879 bits per heavy atom. The normalized spacial score (nSPS) is 11.2. The Morgan fingerprint density at radius 3 is 1.94 bits per heavy atom. The van der Waals surface area contributed by atoms with Crippen LogP contribution in [0.1, 0.15) is 30.9 Å². The fourth-order valence-electron chi connectivity index (χ4n) is 2.88. The van der Waals surface area contributed by atoms with Crippen LogP contribution in [0.15, 0.2) is 48.5 Å². The number of hydrogen-bond acceptors (Lipinski definition) is 8. The summed E-state index contributed by atoms with van der Waals surface area (Å²) in [4.78, 5) is 47.0. The van der Waals surface area contributed by atoms with E-state index in [1.54, 1.807) is 55.5 Å². The molecule has 0 spiro atoms. The van der Waals surface area contributed by atoms with Crippen LogP contribution in [-0.2, 0) is 36.8 Å². The number of carbonyl (C=O) groups excluding carboxylic acids is 4. The lowest BCUT2D eigenvalue weighted by Crippen LogP contribution is -2.43. The summed E-state index contributed by atoms with van der Waals surface area (Å²) in [5, 5.41) is 11.4. The van der Waals surface area contributed by atoms with Gasteiger partial charge in [0.15, 0.2) is 0 Å². The average Bonchev–Trinajstić information content (AvgIpc) is 2.83. The van der Waals surface area contributed by atoms with Gasteiger partial charge in [-0.3, -0.25) is 9.59 Å². The summed E-state index contributed by atoms with van der Waals surface area (Å²) in [6, 6.07) is 12.4. The minimum Gasteiger partial charge on any atom is -0.467 e. The number of ether oxygens (including phenoxy) is 3. The summed E-state index contributed by atoms with van der Waals surface area (Å²) in [6.07, 6.45) is 1.02. The van der Waals surface area contributed by atoms with Crippen LogP contribution in [0.3, 0.4) is 0 Å². The highest BCUT2D eigenvalue weighted by Crippen LogP contribution is 2.16. The molecule has 2 aromatic carbocycles. The van der Waals surface area contributed by atoms with E-state index < -0.39 is 24.6 Å². The van der Waals surface area contributed by atoms with Crippen LogP contribution in [0, 0.1) is 0 Å². The molecular formula is C24H27NO8. The largest absolute Gasteiger partial charge is 0.467 e. The lowest BCUT2D eigenvalue weighted by atomic mass is 10.0. The first-order valence-electron chi connectivity index (χ1n) is 10.4. The summed E-state index contributed by atoms with van der Waals surface area (Å²) in [7, 11) is 1.25. The molecule has 0 aliphatic carbocycles. The van der Waals surface area contributed by atoms with E-state index in [9.17, 15) is 19.2 Å². The second-order valence-corrected chi connectivity index (χ2v) is 7.10. The summed E-state index contributed by atoms with van der Waals surface area (Å²) < 4.78 is 14.8. The molecule has 0 fully saturated rings. The fourth-order valence-corrected chi connectivity index (χ4v) is 2.88. The van der Waals surface area contributed by atoms with E-state index >= 15 is 0 Å². The highest BCUT2D eigenvalue weighted by molar-refractivity contribution is 5.84. The zero-order valence-electron chi connectivity index (χ0n) is 18.5. The number of aliphatic hydroxyl groups is 1. The maximum absolute atomic E-state index is 12.4. The third-order valence-corrected chi connectivity index (χ3v) is 4.63. The van der Waals surface area contributed by atoms with Gasteiger partial charge in [-0.2, -0.15) is 0 Å². The molecular weight excluding hydrogens is 430 g/mol. The average molecular weight is 457 g/mol. The van der Waals surface area contributed by atoms with Crippen molar-refractivity contribution in [3.63, 3.8) is 0 Å². The number of amides is 1. The number of carbonyl (C=O) groups is 4. The molecule has 1 unspecified atom stereocenters. The van der Waals surface area contributed by atoms with Crippen molar-refractivity contribution < 1.29 is 38.5 Å². The van der Waals surface area contributed by atoms with E-state index in [2.05, 4.69) is 5.32 Å². The smallest absolute Gasteiger partial charge is 0.337 e. The Bertz CT molecular complexity index is 953. The van der Waals surface area contributed by atoms with Gasteiger partial charge in [-0.25, -0.2) is 9.59 Å². The second kappa shape index (κ2) is 13.0. The van der Waals surface area contributed by atoms with Crippen molar-refractivity contribution in [2.24, 2.45) is 0 Å². The van der Waals surface area contributed by atoms with E-state index in [4.69, 9.17) is 19.3 Å². The number of aliphatic hydroxyl groups excluding tert-OH is 1. The second-order valence-electron chi connectivity index (χ2n) is 7.10. The molecule has 1 atom stereocenters. The minimum atomic E-state index is -0.869. The number of methoxy groups -OCH3 is 1. The first-order chi connectivity index (χ1) is 15.8. The lowest BCUT2D eigenvalue weighted by Gasteiger charge is -2.17. The maximum atomic E-state index is 12.4. The highest BCUT2D eigenvalue weighted by Gasteiger charge is 2.22. The molecule has 176 valence electrons. The number of aryl methyl sites for hydroxylation is 1. The number of esters is 3. The zero-order valence-corrected chi connectivity index (χ0v) is 18.5. The summed E-state index contributed by atoms with van der Waals surface area (Å²) in [5.74, 6) is -1.30. The highest BCUT2D eigenvalue weighted by atomic mass is 16.5. The topological polar surface area (TPSA) is 128 Å². The van der Waals surface area contributed by atoms with Crippen LogP contribution in [-0.4, -0.2) is 48.7 Å². The van der Waals surface area contributed by atoms with Crippen molar-refractivity contribution >= 4 is 23.8 Å². The van der Waals surface area contributed by atoms with E-state index in [1.165, 1.54) is 7.11 Å². The van der Waals surface area contributed by atoms with Crippen LogP contribution in [0.25, 0.3) is 0 Å². The quantitative estimate of drug-likeness (QED) is 0.386. The molecule has 2 N–H and O–H groups in total. The van der Waals surface area contributed by atoms with E-state index in [0.29, 0.717) is 17.9 Å². The zero-order chi connectivity index (χ0) is 24.2. The van der Waals surface area contributed by atoms with Gasteiger partial charge in [-0.05, 0) is 41.8 Å². The Morgan fingerprint density at radius 2 is 1.42 bits per heavy atom. The summed E-state index contributed by atoms with van der Waals surface area (Å²) in [6.45, 7) is 0.991. The summed E-state index contributed by atoms with van der Waals surface area (Å²) in [5.41, 5.74) is 1.59. The fraction of sp³-hybridized carbons (Fsp3) is 0.333. The first kappa shape index (κ1) is 25.5. The van der Waals surface area contributed by atoms with E-state index in [0.717, 1.165) is 11.1 Å². The van der Waals surface area contributed by atoms with Gasteiger partial charge in [0.1, 0.15) is 24.1 Å². The molecule has 0 radical (unpaired) electrons. The van der Waals surface area contributed by atoms with Crippen molar-refractivity contribution in [1.29, 1.82) is 0 Å². The molecule has 2 rings (SSSR count). The Labute approximate surface area is 191 Å². The van der Waals surface area contributed by atoms with Gasteiger partial charge in [0, 0.05) is 19.3 Å². The molecule has 0 saturated carbocycles. The molecule has 2 aromatic rings. The van der Waals surface area contributed by atoms with Gasteiger partial charge < -0.3 is 24.6 Å². The van der Waals surface area contributed by atoms with Crippen LogP contribution in [0.2, 0.25) is 0 Å². The molecule has 9 heteroatoms. The Kier molecular flexibility index (Phi) is 10.0. The molecule has 0 aliphatic rings.